The Morgan fingerprint density at radius 3 is 2.54 bits per heavy atom. The molecule has 2 amide bonds. The third kappa shape index (κ3) is 5.16. The standard InChI is InChI=1S/C19H19BrN4O2/c1-12-2-5-15(6-3-12)22-17-9-4-14(20)10-13(17)11-21-24-19(26)18(25)23-16-7-8-16/h2-6,9-11,16,22H,7-8H2,1H3,(H,23,25)(H,24,26)/b21-11-. The van der Waals surface area contributed by atoms with Gasteiger partial charge in [-0.25, -0.2) is 5.43 Å². The number of anilines is 2. The van der Waals surface area contributed by atoms with Gasteiger partial charge in [0.25, 0.3) is 0 Å². The lowest BCUT2D eigenvalue weighted by molar-refractivity contribution is -0.139. The van der Waals surface area contributed by atoms with Gasteiger partial charge in [-0.2, -0.15) is 5.10 Å². The van der Waals surface area contributed by atoms with Crippen LogP contribution in [0, 0.1) is 6.92 Å². The second-order valence-electron chi connectivity index (χ2n) is 6.17. The summed E-state index contributed by atoms with van der Waals surface area (Å²) in [6, 6.07) is 13.8. The van der Waals surface area contributed by atoms with Crippen molar-refractivity contribution in [2.75, 3.05) is 5.32 Å². The maximum absolute atomic E-state index is 11.7. The van der Waals surface area contributed by atoms with E-state index in [2.05, 4.69) is 37.1 Å². The molecule has 0 unspecified atom stereocenters. The molecule has 3 N–H and O–H groups in total. The Morgan fingerprint density at radius 1 is 1.12 bits per heavy atom. The molecule has 0 atom stereocenters. The van der Waals surface area contributed by atoms with E-state index in [1.54, 1.807) is 0 Å². The van der Waals surface area contributed by atoms with Gasteiger partial charge in [0.15, 0.2) is 0 Å². The fraction of sp³-hybridized carbons (Fsp3) is 0.211. The van der Waals surface area contributed by atoms with E-state index in [9.17, 15) is 9.59 Å². The monoisotopic (exact) mass is 414 g/mol. The quantitative estimate of drug-likeness (QED) is 0.399. The molecule has 26 heavy (non-hydrogen) atoms. The first-order valence-corrected chi connectivity index (χ1v) is 9.08. The Hall–Kier alpha value is -2.67. The van der Waals surface area contributed by atoms with Gasteiger partial charge in [0.05, 0.1) is 6.21 Å². The molecule has 7 heteroatoms. The number of hydrogen-bond acceptors (Lipinski definition) is 4. The van der Waals surface area contributed by atoms with Crippen LogP contribution in [0.1, 0.15) is 24.0 Å². The second-order valence-corrected chi connectivity index (χ2v) is 7.09. The molecule has 0 radical (unpaired) electrons. The minimum Gasteiger partial charge on any atom is -0.355 e. The van der Waals surface area contributed by atoms with Crippen LogP contribution in [0.25, 0.3) is 0 Å². The highest BCUT2D eigenvalue weighted by Crippen LogP contribution is 2.23. The summed E-state index contributed by atoms with van der Waals surface area (Å²) >= 11 is 3.43. The van der Waals surface area contributed by atoms with Crippen LogP contribution < -0.4 is 16.1 Å². The minimum atomic E-state index is -0.767. The summed E-state index contributed by atoms with van der Waals surface area (Å²) < 4.78 is 0.881. The summed E-state index contributed by atoms with van der Waals surface area (Å²) in [6.45, 7) is 2.03. The van der Waals surface area contributed by atoms with Gasteiger partial charge in [-0.1, -0.05) is 33.6 Å². The van der Waals surface area contributed by atoms with E-state index in [4.69, 9.17) is 0 Å². The minimum absolute atomic E-state index is 0.132. The van der Waals surface area contributed by atoms with Crippen LogP contribution in [-0.2, 0) is 9.59 Å². The molecule has 1 aliphatic carbocycles. The van der Waals surface area contributed by atoms with Crippen LogP contribution in [-0.4, -0.2) is 24.1 Å². The Bertz CT molecular complexity index is 845. The molecular formula is C19H19BrN4O2. The van der Waals surface area contributed by atoms with Crippen LogP contribution in [0.2, 0.25) is 0 Å². The van der Waals surface area contributed by atoms with Crippen molar-refractivity contribution in [3.8, 4) is 0 Å². The van der Waals surface area contributed by atoms with E-state index >= 15 is 0 Å². The van der Waals surface area contributed by atoms with Crippen molar-refractivity contribution in [2.45, 2.75) is 25.8 Å². The summed E-state index contributed by atoms with van der Waals surface area (Å²) in [5, 5.41) is 9.84. The topological polar surface area (TPSA) is 82.6 Å². The zero-order valence-electron chi connectivity index (χ0n) is 14.3. The molecule has 0 aliphatic heterocycles. The van der Waals surface area contributed by atoms with Gasteiger partial charge in [0.1, 0.15) is 0 Å². The van der Waals surface area contributed by atoms with Gasteiger partial charge in [-0.3, -0.25) is 9.59 Å². The molecule has 6 nitrogen and oxygen atoms in total. The van der Waals surface area contributed by atoms with Gasteiger partial charge in [0.2, 0.25) is 0 Å². The smallest absolute Gasteiger partial charge is 0.329 e. The molecule has 1 aliphatic rings. The number of rotatable bonds is 5. The number of hydrogen-bond donors (Lipinski definition) is 3. The van der Waals surface area contributed by atoms with Crippen molar-refractivity contribution in [2.24, 2.45) is 5.10 Å². The van der Waals surface area contributed by atoms with Gasteiger partial charge in [-0.15, -0.1) is 0 Å². The first-order valence-electron chi connectivity index (χ1n) is 8.28. The van der Waals surface area contributed by atoms with Crippen LogP contribution in [0.5, 0.6) is 0 Å². The van der Waals surface area contributed by atoms with Crippen molar-refractivity contribution in [3.63, 3.8) is 0 Å². The molecule has 0 aromatic heterocycles. The first-order chi connectivity index (χ1) is 12.5. The lowest BCUT2D eigenvalue weighted by atomic mass is 10.1. The number of nitrogens with zero attached hydrogens (tertiary/aromatic N) is 1. The molecule has 3 rings (SSSR count). The first kappa shape index (κ1) is 18.1. The van der Waals surface area contributed by atoms with E-state index < -0.39 is 11.8 Å². The number of amides is 2. The van der Waals surface area contributed by atoms with Crippen molar-refractivity contribution < 1.29 is 9.59 Å². The van der Waals surface area contributed by atoms with Gasteiger partial charge >= 0.3 is 11.8 Å². The summed E-state index contributed by atoms with van der Waals surface area (Å²) in [5.41, 5.74) is 5.98. The third-order valence-corrected chi connectivity index (χ3v) is 4.33. The van der Waals surface area contributed by atoms with Crippen molar-refractivity contribution in [3.05, 3.63) is 58.1 Å². The van der Waals surface area contributed by atoms with Crippen LogP contribution in [0.4, 0.5) is 11.4 Å². The Morgan fingerprint density at radius 2 is 1.85 bits per heavy atom. The van der Waals surface area contributed by atoms with E-state index in [0.717, 1.165) is 34.3 Å². The number of halogens is 1. The normalized spacial score (nSPS) is 13.5. The molecule has 0 spiro atoms. The number of carbonyl (C=O) groups excluding carboxylic acids is 2. The molecule has 0 heterocycles. The third-order valence-electron chi connectivity index (χ3n) is 3.83. The lowest BCUT2D eigenvalue weighted by Gasteiger charge is -2.10. The van der Waals surface area contributed by atoms with Crippen molar-refractivity contribution in [1.29, 1.82) is 0 Å². The predicted octanol–water partition coefficient (Wildman–Crippen LogP) is 3.23. The number of carbonyl (C=O) groups is 2. The molecule has 134 valence electrons. The largest absolute Gasteiger partial charge is 0.355 e. The summed E-state index contributed by atoms with van der Waals surface area (Å²) in [7, 11) is 0. The fourth-order valence-corrected chi connectivity index (χ4v) is 2.62. The van der Waals surface area contributed by atoms with Gasteiger partial charge in [0, 0.05) is 27.5 Å². The molecular weight excluding hydrogens is 396 g/mol. The molecule has 0 saturated heterocycles. The molecule has 2 aromatic carbocycles. The zero-order chi connectivity index (χ0) is 18.5. The van der Waals surface area contributed by atoms with Crippen LogP contribution in [0.15, 0.2) is 52.0 Å². The lowest BCUT2D eigenvalue weighted by Crippen LogP contribution is -2.38. The molecule has 1 saturated carbocycles. The summed E-state index contributed by atoms with van der Waals surface area (Å²) in [6.07, 6.45) is 3.35. The van der Waals surface area contributed by atoms with E-state index in [1.807, 2.05) is 49.4 Å². The number of nitrogens with one attached hydrogen (secondary N) is 3. The highest BCUT2D eigenvalue weighted by Gasteiger charge is 2.26. The van der Waals surface area contributed by atoms with E-state index in [-0.39, 0.29) is 6.04 Å². The van der Waals surface area contributed by atoms with E-state index in [0.29, 0.717) is 0 Å². The Balaban J connectivity index is 1.67. The average molecular weight is 415 g/mol. The second kappa shape index (κ2) is 8.14. The van der Waals surface area contributed by atoms with Crippen LogP contribution >= 0.6 is 15.9 Å². The summed E-state index contributed by atoms with van der Waals surface area (Å²) in [5.74, 6) is -1.42. The molecule has 0 bridgehead atoms. The average Bonchev–Trinajstić information content (AvgIpc) is 3.43. The highest BCUT2D eigenvalue weighted by atomic mass is 79.9. The van der Waals surface area contributed by atoms with Gasteiger partial charge in [-0.05, 0) is 50.1 Å². The maximum atomic E-state index is 11.7. The highest BCUT2D eigenvalue weighted by molar-refractivity contribution is 9.10. The number of benzene rings is 2. The van der Waals surface area contributed by atoms with Crippen LogP contribution in [0.3, 0.4) is 0 Å². The van der Waals surface area contributed by atoms with E-state index in [1.165, 1.54) is 11.8 Å². The number of hydrazone groups is 1. The SMILES string of the molecule is Cc1ccc(Nc2ccc(Br)cc2/C=N\NC(=O)C(=O)NC2CC2)cc1. The zero-order valence-corrected chi connectivity index (χ0v) is 15.8. The van der Waals surface area contributed by atoms with Crippen molar-refractivity contribution in [1.82, 2.24) is 10.7 Å². The molecule has 2 aromatic rings. The molecule has 1 fully saturated rings. The predicted molar refractivity (Wildman–Crippen MR) is 106 cm³/mol. The Kier molecular flexibility index (Phi) is 5.68. The van der Waals surface area contributed by atoms with Crippen molar-refractivity contribution >= 4 is 45.3 Å². The Labute approximate surface area is 160 Å². The maximum Gasteiger partial charge on any atom is 0.329 e. The fourth-order valence-electron chi connectivity index (χ4n) is 2.24. The van der Waals surface area contributed by atoms with Gasteiger partial charge < -0.3 is 10.6 Å². The number of aryl methyl sites for hydroxylation is 1. The summed E-state index contributed by atoms with van der Waals surface area (Å²) in [4.78, 5) is 23.3.